The summed E-state index contributed by atoms with van der Waals surface area (Å²) in [5.74, 6) is 0. The molecule has 1 saturated heterocycles. The number of primary sulfonamides is 1. The zero-order valence-electron chi connectivity index (χ0n) is 5.33. The summed E-state index contributed by atoms with van der Waals surface area (Å²) in [6, 6.07) is 0. The first kappa shape index (κ1) is 8.69. The van der Waals surface area contributed by atoms with Crippen LogP contribution in [-0.2, 0) is 10.0 Å². The van der Waals surface area contributed by atoms with Crippen LogP contribution in [0.25, 0.3) is 0 Å². The van der Waals surface area contributed by atoms with Crippen molar-refractivity contribution in [2.75, 3.05) is 17.6 Å². The summed E-state index contributed by atoms with van der Waals surface area (Å²) >= 11 is 2.19. The Kier molecular flexibility index (Phi) is 2.54. The van der Waals surface area contributed by atoms with Gasteiger partial charge in [-0.3, -0.25) is 4.90 Å². The third kappa shape index (κ3) is 1.80. The Morgan fingerprint density at radius 3 is 2.40 bits per heavy atom. The molecule has 0 aliphatic carbocycles. The summed E-state index contributed by atoms with van der Waals surface area (Å²) in [5.41, 5.74) is 0. The van der Waals surface area contributed by atoms with Gasteiger partial charge in [-0.1, -0.05) is 22.6 Å². The summed E-state index contributed by atoms with van der Waals surface area (Å²) in [5, 5.41) is 4.58. The van der Waals surface area contributed by atoms with Gasteiger partial charge in [-0.2, -0.15) is 0 Å². The number of hydrogen-bond acceptors (Lipinski definition) is 3. The molecule has 0 amide bonds. The van der Waals surface area contributed by atoms with Gasteiger partial charge >= 0.3 is 0 Å². The zero-order valence-corrected chi connectivity index (χ0v) is 8.30. The van der Waals surface area contributed by atoms with Gasteiger partial charge in [-0.15, -0.1) is 0 Å². The molecule has 0 saturated carbocycles. The number of halogens is 1. The number of nitrogens with zero attached hydrogens (tertiary/aromatic N) is 1. The molecule has 2 N–H and O–H groups in total. The molecular weight excluding hydrogens is 267 g/mol. The number of rotatable bonds is 2. The molecule has 6 heteroatoms. The standard InChI is InChI=1S/C4H9IN2O2S/c5-3-7-1-4(2-7)10(6,8)9/h4H,1-3H2,(H2,6,8,9). The van der Waals surface area contributed by atoms with E-state index in [2.05, 4.69) is 22.6 Å². The van der Waals surface area contributed by atoms with Crippen LogP contribution < -0.4 is 5.14 Å². The van der Waals surface area contributed by atoms with Gasteiger partial charge in [0, 0.05) is 13.1 Å². The van der Waals surface area contributed by atoms with Gasteiger partial charge in [0.15, 0.2) is 0 Å². The lowest BCUT2D eigenvalue weighted by molar-refractivity contribution is 0.226. The summed E-state index contributed by atoms with van der Waals surface area (Å²) < 4.78 is 22.1. The van der Waals surface area contributed by atoms with Crippen molar-refractivity contribution in [3.8, 4) is 0 Å². The highest BCUT2D eigenvalue weighted by molar-refractivity contribution is 14.1. The molecule has 0 spiro atoms. The molecule has 4 nitrogen and oxygen atoms in total. The fourth-order valence-corrected chi connectivity index (χ4v) is 2.22. The molecular formula is C4H9IN2O2S. The first-order valence-corrected chi connectivity index (χ1v) is 5.97. The summed E-state index contributed by atoms with van der Waals surface area (Å²) in [6.07, 6.45) is 0. The Morgan fingerprint density at radius 1 is 1.60 bits per heavy atom. The molecule has 1 rings (SSSR count). The van der Waals surface area contributed by atoms with E-state index in [-0.39, 0.29) is 5.25 Å². The van der Waals surface area contributed by atoms with Crippen molar-refractivity contribution < 1.29 is 8.42 Å². The quantitative estimate of drug-likeness (QED) is 0.414. The molecule has 1 heterocycles. The topological polar surface area (TPSA) is 63.4 Å². The van der Waals surface area contributed by atoms with E-state index in [4.69, 9.17) is 5.14 Å². The predicted molar refractivity (Wildman–Crippen MR) is 47.4 cm³/mol. The van der Waals surface area contributed by atoms with Crippen LogP contribution in [0, 0.1) is 0 Å². The Labute approximate surface area is 74.0 Å². The second-order valence-corrected chi connectivity index (χ2v) is 4.89. The average Bonchev–Trinajstić information content (AvgIpc) is 1.57. The molecule has 0 bridgehead atoms. The van der Waals surface area contributed by atoms with Gasteiger partial charge in [0.05, 0.1) is 4.55 Å². The van der Waals surface area contributed by atoms with E-state index in [9.17, 15) is 8.42 Å². The number of likely N-dealkylation sites (tertiary alicyclic amines) is 1. The SMILES string of the molecule is NS(=O)(=O)C1CN(CI)C1. The number of alkyl halides is 1. The van der Waals surface area contributed by atoms with E-state index in [1.54, 1.807) is 0 Å². The minimum Gasteiger partial charge on any atom is -0.291 e. The van der Waals surface area contributed by atoms with Crippen LogP contribution in [0.15, 0.2) is 0 Å². The average molecular weight is 276 g/mol. The third-order valence-electron chi connectivity index (χ3n) is 1.56. The Hall–Kier alpha value is 0.600. The molecule has 0 radical (unpaired) electrons. The van der Waals surface area contributed by atoms with Crippen LogP contribution in [-0.4, -0.2) is 36.2 Å². The molecule has 1 aliphatic rings. The maximum Gasteiger partial charge on any atom is 0.214 e. The molecule has 0 aromatic heterocycles. The lowest BCUT2D eigenvalue weighted by Gasteiger charge is -2.35. The van der Waals surface area contributed by atoms with E-state index in [0.717, 1.165) is 4.55 Å². The lowest BCUT2D eigenvalue weighted by atomic mass is 10.2. The van der Waals surface area contributed by atoms with Crippen LogP contribution in [0.3, 0.4) is 0 Å². The summed E-state index contributed by atoms with van der Waals surface area (Å²) in [6.45, 7) is 1.20. The Balaban J connectivity index is 2.41. The fraction of sp³-hybridized carbons (Fsp3) is 1.00. The minimum atomic E-state index is -3.25. The monoisotopic (exact) mass is 276 g/mol. The highest BCUT2D eigenvalue weighted by Crippen LogP contribution is 2.14. The maximum absolute atomic E-state index is 10.6. The van der Waals surface area contributed by atoms with E-state index in [0.29, 0.717) is 13.1 Å². The Bertz CT molecular complexity index is 209. The molecule has 0 aromatic rings. The van der Waals surface area contributed by atoms with Crippen LogP contribution >= 0.6 is 22.6 Å². The van der Waals surface area contributed by atoms with Crippen molar-refractivity contribution in [1.82, 2.24) is 4.90 Å². The molecule has 0 atom stereocenters. The van der Waals surface area contributed by atoms with Gasteiger partial charge < -0.3 is 0 Å². The third-order valence-corrected chi connectivity index (χ3v) is 3.75. The lowest BCUT2D eigenvalue weighted by Crippen LogP contribution is -2.55. The fourth-order valence-electron chi connectivity index (χ4n) is 0.828. The van der Waals surface area contributed by atoms with Crippen LogP contribution in [0.5, 0.6) is 0 Å². The number of nitrogens with two attached hydrogens (primary N) is 1. The van der Waals surface area contributed by atoms with Crippen LogP contribution in [0.4, 0.5) is 0 Å². The first-order valence-electron chi connectivity index (χ1n) is 2.84. The molecule has 1 fully saturated rings. The maximum atomic E-state index is 10.6. The molecule has 1 aliphatic heterocycles. The van der Waals surface area contributed by atoms with Crippen molar-refractivity contribution in [2.45, 2.75) is 5.25 Å². The number of hydrogen-bond donors (Lipinski definition) is 1. The van der Waals surface area contributed by atoms with Crippen molar-refractivity contribution in [3.05, 3.63) is 0 Å². The van der Waals surface area contributed by atoms with Crippen molar-refractivity contribution in [3.63, 3.8) is 0 Å². The molecule has 0 unspecified atom stereocenters. The normalized spacial score (nSPS) is 22.6. The van der Waals surface area contributed by atoms with Crippen LogP contribution in [0.1, 0.15) is 0 Å². The number of sulfonamides is 1. The Morgan fingerprint density at radius 2 is 2.10 bits per heavy atom. The first-order chi connectivity index (χ1) is 4.54. The highest BCUT2D eigenvalue weighted by Gasteiger charge is 2.33. The van der Waals surface area contributed by atoms with E-state index >= 15 is 0 Å². The van der Waals surface area contributed by atoms with E-state index in [1.165, 1.54) is 0 Å². The molecule has 0 aromatic carbocycles. The molecule has 10 heavy (non-hydrogen) atoms. The van der Waals surface area contributed by atoms with Gasteiger partial charge in [0.2, 0.25) is 10.0 Å². The predicted octanol–water partition coefficient (Wildman–Crippen LogP) is -0.648. The zero-order chi connectivity index (χ0) is 7.78. The van der Waals surface area contributed by atoms with Crippen molar-refractivity contribution >= 4 is 32.6 Å². The minimum absolute atomic E-state index is 0.317. The van der Waals surface area contributed by atoms with E-state index in [1.807, 2.05) is 4.90 Å². The summed E-state index contributed by atoms with van der Waals surface area (Å²) in [4.78, 5) is 2.02. The smallest absolute Gasteiger partial charge is 0.214 e. The molecule has 60 valence electrons. The van der Waals surface area contributed by atoms with Crippen molar-refractivity contribution in [1.29, 1.82) is 0 Å². The summed E-state index contributed by atoms with van der Waals surface area (Å²) in [7, 11) is -3.25. The van der Waals surface area contributed by atoms with Crippen molar-refractivity contribution in [2.24, 2.45) is 5.14 Å². The second-order valence-electron chi connectivity index (χ2n) is 2.37. The second kappa shape index (κ2) is 2.92. The van der Waals surface area contributed by atoms with Gasteiger partial charge in [-0.25, -0.2) is 13.6 Å². The van der Waals surface area contributed by atoms with Crippen LogP contribution in [0.2, 0.25) is 0 Å². The van der Waals surface area contributed by atoms with Gasteiger partial charge in [0.25, 0.3) is 0 Å². The van der Waals surface area contributed by atoms with Gasteiger partial charge in [-0.05, 0) is 0 Å². The van der Waals surface area contributed by atoms with E-state index < -0.39 is 10.0 Å². The largest absolute Gasteiger partial charge is 0.291 e. The highest BCUT2D eigenvalue weighted by atomic mass is 127. The van der Waals surface area contributed by atoms with Gasteiger partial charge in [0.1, 0.15) is 5.25 Å².